The highest BCUT2D eigenvalue weighted by Gasteiger charge is 2.27. The van der Waals surface area contributed by atoms with Gasteiger partial charge in [0.25, 0.3) is 5.56 Å². The number of amides is 2. The quantitative estimate of drug-likeness (QED) is 0.366. The Hall–Kier alpha value is -3.68. The van der Waals surface area contributed by atoms with Gasteiger partial charge in [0.2, 0.25) is 0 Å². The summed E-state index contributed by atoms with van der Waals surface area (Å²) >= 11 is 6.09. The number of aromatic nitrogens is 2. The van der Waals surface area contributed by atoms with Crippen LogP contribution in [0.1, 0.15) is 24.4 Å². The molecule has 2 amide bonds. The second-order valence-electron chi connectivity index (χ2n) is 8.27. The monoisotopic (exact) mass is 490 g/mol. The van der Waals surface area contributed by atoms with Crippen LogP contribution in [0.2, 0.25) is 5.02 Å². The first-order chi connectivity index (χ1) is 16.9. The number of carbonyl (C=O) groups excluding carboxylic acids is 1. The number of nitrogens with one attached hydrogen (secondary N) is 1. The molecule has 1 aromatic heterocycles. The molecule has 35 heavy (non-hydrogen) atoms. The van der Waals surface area contributed by atoms with Gasteiger partial charge in [-0.1, -0.05) is 41.9 Å². The van der Waals surface area contributed by atoms with Crippen molar-refractivity contribution in [2.45, 2.75) is 19.9 Å². The van der Waals surface area contributed by atoms with E-state index in [0.29, 0.717) is 46.3 Å². The number of hydrogen-bond acceptors (Lipinski definition) is 4. The third-order valence-corrected chi connectivity index (χ3v) is 6.01. The highest BCUT2D eigenvalue weighted by atomic mass is 35.5. The summed E-state index contributed by atoms with van der Waals surface area (Å²) in [6.07, 6.45) is 0. The number of benzene rings is 3. The molecule has 1 N–H and O–H groups in total. The largest absolute Gasteiger partial charge is 0.383 e. The number of halogens is 1. The van der Waals surface area contributed by atoms with Crippen LogP contribution < -0.4 is 10.9 Å². The lowest BCUT2D eigenvalue weighted by atomic mass is 10.1. The minimum absolute atomic E-state index is 0.190. The number of para-hydroxylation sites is 1. The fourth-order valence-electron chi connectivity index (χ4n) is 4.01. The van der Waals surface area contributed by atoms with Gasteiger partial charge >= 0.3 is 6.03 Å². The zero-order chi connectivity index (χ0) is 24.9. The van der Waals surface area contributed by atoms with Gasteiger partial charge in [0.1, 0.15) is 5.82 Å². The number of urea groups is 1. The molecular weight excluding hydrogens is 464 g/mol. The molecule has 0 saturated carbocycles. The van der Waals surface area contributed by atoms with Crippen molar-refractivity contribution >= 4 is 34.2 Å². The van der Waals surface area contributed by atoms with E-state index < -0.39 is 6.04 Å². The number of anilines is 1. The number of methoxy groups -OCH3 is 1. The molecule has 4 rings (SSSR count). The van der Waals surface area contributed by atoms with Crippen LogP contribution >= 0.6 is 11.6 Å². The second-order valence-corrected chi connectivity index (χ2v) is 8.71. The first-order valence-corrected chi connectivity index (χ1v) is 11.7. The van der Waals surface area contributed by atoms with Crippen molar-refractivity contribution in [3.05, 3.63) is 99.6 Å². The Bertz CT molecular complexity index is 1420. The summed E-state index contributed by atoms with van der Waals surface area (Å²) in [6, 6.07) is 20.9. The lowest BCUT2D eigenvalue weighted by molar-refractivity contribution is 0.137. The maximum atomic E-state index is 13.7. The summed E-state index contributed by atoms with van der Waals surface area (Å²) in [5, 5.41) is 3.92. The van der Waals surface area contributed by atoms with Crippen LogP contribution in [0.25, 0.3) is 16.6 Å². The molecule has 3 aromatic carbocycles. The molecule has 7 nitrogen and oxygen atoms in total. The van der Waals surface area contributed by atoms with Gasteiger partial charge in [-0.25, -0.2) is 9.78 Å². The van der Waals surface area contributed by atoms with Crippen molar-refractivity contribution in [1.82, 2.24) is 14.5 Å². The van der Waals surface area contributed by atoms with Crippen LogP contribution in [0.15, 0.2) is 77.6 Å². The summed E-state index contributed by atoms with van der Waals surface area (Å²) in [4.78, 5) is 33.5. The Morgan fingerprint density at radius 3 is 2.63 bits per heavy atom. The molecule has 0 fully saturated rings. The number of aryl methyl sites for hydroxylation is 1. The molecule has 1 unspecified atom stereocenters. The van der Waals surface area contributed by atoms with E-state index in [2.05, 4.69) is 5.32 Å². The molecule has 0 saturated heterocycles. The summed E-state index contributed by atoms with van der Waals surface area (Å²) in [5.74, 6) is 0.455. The Labute approximate surface area is 208 Å². The van der Waals surface area contributed by atoms with E-state index in [1.165, 1.54) is 0 Å². The van der Waals surface area contributed by atoms with Crippen LogP contribution in [0.5, 0.6) is 0 Å². The standard InChI is InChI=1S/C27H27ClN4O3/c1-18-8-6-11-22(16-18)32-25(30-24-13-5-4-12-23(24)26(32)33)19(2)31(14-15-35-3)27(34)29-21-10-7-9-20(28)17-21/h4-13,16-17,19H,14-15H2,1-3H3,(H,29,34). The zero-order valence-corrected chi connectivity index (χ0v) is 20.6. The number of rotatable bonds is 7. The average Bonchev–Trinajstić information content (AvgIpc) is 2.84. The van der Waals surface area contributed by atoms with Gasteiger partial charge < -0.3 is 15.0 Å². The Morgan fingerprint density at radius 2 is 1.89 bits per heavy atom. The smallest absolute Gasteiger partial charge is 0.322 e. The first kappa shape index (κ1) is 24.4. The lowest BCUT2D eigenvalue weighted by Crippen LogP contribution is -2.41. The molecule has 0 aliphatic heterocycles. The van der Waals surface area contributed by atoms with Gasteiger partial charge in [-0.15, -0.1) is 0 Å². The third kappa shape index (κ3) is 5.37. The van der Waals surface area contributed by atoms with Crippen LogP contribution in [0.4, 0.5) is 10.5 Å². The highest BCUT2D eigenvalue weighted by molar-refractivity contribution is 6.30. The first-order valence-electron chi connectivity index (χ1n) is 11.3. The number of ether oxygens (including phenoxy) is 1. The van der Waals surface area contributed by atoms with E-state index in [9.17, 15) is 9.59 Å². The Kier molecular flexibility index (Phi) is 7.48. The molecule has 0 aliphatic rings. The molecule has 8 heteroatoms. The summed E-state index contributed by atoms with van der Waals surface area (Å²) in [6.45, 7) is 4.43. The van der Waals surface area contributed by atoms with E-state index in [1.54, 1.807) is 53.0 Å². The van der Waals surface area contributed by atoms with Crippen molar-refractivity contribution < 1.29 is 9.53 Å². The van der Waals surface area contributed by atoms with E-state index in [1.807, 2.05) is 50.2 Å². The fraction of sp³-hybridized carbons (Fsp3) is 0.222. The summed E-state index contributed by atoms with van der Waals surface area (Å²) in [5.41, 5.74) is 2.66. The molecule has 0 radical (unpaired) electrons. The van der Waals surface area contributed by atoms with Crippen LogP contribution in [-0.2, 0) is 4.74 Å². The van der Waals surface area contributed by atoms with Gasteiger partial charge in [0.15, 0.2) is 0 Å². The predicted octanol–water partition coefficient (Wildman–Crippen LogP) is 5.59. The van der Waals surface area contributed by atoms with Gasteiger partial charge in [-0.2, -0.15) is 0 Å². The van der Waals surface area contributed by atoms with E-state index in [0.717, 1.165) is 5.56 Å². The molecule has 0 bridgehead atoms. The van der Waals surface area contributed by atoms with Crippen LogP contribution in [-0.4, -0.2) is 40.7 Å². The Balaban J connectivity index is 1.83. The minimum Gasteiger partial charge on any atom is -0.383 e. The summed E-state index contributed by atoms with van der Waals surface area (Å²) in [7, 11) is 1.58. The Morgan fingerprint density at radius 1 is 1.11 bits per heavy atom. The van der Waals surface area contributed by atoms with E-state index in [-0.39, 0.29) is 11.6 Å². The molecule has 4 aromatic rings. The average molecular weight is 491 g/mol. The van der Waals surface area contributed by atoms with Gasteiger partial charge in [-0.3, -0.25) is 9.36 Å². The molecule has 1 heterocycles. The molecule has 1 atom stereocenters. The predicted molar refractivity (Wildman–Crippen MR) is 140 cm³/mol. The van der Waals surface area contributed by atoms with Crippen LogP contribution in [0, 0.1) is 6.92 Å². The number of nitrogens with zero attached hydrogens (tertiary/aromatic N) is 3. The van der Waals surface area contributed by atoms with Gasteiger partial charge in [0.05, 0.1) is 29.2 Å². The lowest BCUT2D eigenvalue weighted by Gasteiger charge is -2.30. The SMILES string of the molecule is COCCN(C(=O)Nc1cccc(Cl)c1)C(C)c1nc2ccccc2c(=O)n1-c1cccc(C)c1. The van der Waals surface area contributed by atoms with Gasteiger partial charge in [0, 0.05) is 24.4 Å². The molecule has 180 valence electrons. The number of hydrogen-bond donors (Lipinski definition) is 1. The third-order valence-electron chi connectivity index (χ3n) is 5.78. The zero-order valence-electron chi connectivity index (χ0n) is 19.9. The highest BCUT2D eigenvalue weighted by Crippen LogP contribution is 2.24. The van der Waals surface area contributed by atoms with Crippen LogP contribution in [0.3, 0.4) is 0 Å². The van der Waals surface area contributed by atoms with E-state index >= 15 is 0 Å². The van der Waals surface area contributed by atoms with Crippen molar-refractivity contribution in [2.75, 3.05) is 25.6 Å². The maximum absolute atomic E-state index is 13.7. The van der Waals surface area contributed by atoms with Crippen molar-refractivity contribution in [3.8, 4) is 5.69 Å². The maximum Gasteiger partial charge on any atom is 0.322 e. The molecule has 0 spiro atoms. The molecule has 0 aliphatic carbocycles. The second kappa shape index (κ2) is 10.7. The van der Waals surface area contributed by atoms with Crippen molar-refractivity contribution in [3.63, 3.8) is 0 Å². The number of fused-ring (bicyclic) bond motifs is 1. The molecular formula is C27H27ClN4O3. The topological polar surface area (TPSA) is 76.5 Å². The normalized spacial score (nSPS) is 11.9. The van der Waals surface area contributed by atoms with Gasteiger partial charge in [-0.05, 0) is 61.9 Å². The van der Waals surface area contributed by atoms with Crippen molar-refractivity contribution in [2.24, 2.45) is 0 Å². The minimum atomic E-state index is -0.554. The van der Waals surface area contributed by atoms with E-state index in [4.69, 9.17) is 21.3 Å². The summed E-state index contributed by atoms with van der Waals surface area (Å²) < 4.78 is 6.86. The fourth-order valence-corrected chi connectivity index (χ4v) is 4.20. The number of carbonyl (C=O) groups is 1. The van der Waals surface area contributed by atoms with Crippen molar-refractivity contribution in [1.29, 1.82) is 0 Å².